The van der Waals surface area contributed by atoms with Gasteiger partial charge < -0.3 is 0 Å². The van der Waals surface area contributed by atoms with E-state index in [4.69, 9.17) is 0 Å². The van der Waals surface area contributed by atoms with Crippen molar-refractivity contribution in [3.8, 4) is 11.3 Å². The Morgan fingerprint density at radius 2 is 1.95 bits per heavy atom. The molecule has 2 rings (SSSR count). The van der Waals surface area contributed by atoms with Crippen LogP contribution in [0.2, 0.25) is 0 Å². The second kappa shape index (κ2) is 6.77. The van der Waals surface area contributed by atoms with Crippen LogP contribution in [0.1, 0.15) is 31.0 Å². The van der Waals surface area contributed by atoms with Crippen LogP contribution < -0.4 is 0 Å². The van der Waals surface area contributed by atoms with Gasteiger partial charge in [0.2, 0.25) is 0 Å². The van der Waals surface area contributed by atoms with Crippen molar-refractivity contribution in [2.45, 2.75) is 37.8 Å². The van der Waals surface area contributed by atoms with E-state index in [0.717, 1.165) is 40.7 Å². The smallest absolute Gasteiger partial charge is 0.267 e. The van der Waals surface area contributed by atoms with E-state index >= 15 is 0 Å². The van der Waals surface area contributed by atoms with Gasteiger partial charge in [-0.2, -0.15) is 18.3 Å². The van der Waals surface area contributed by atoms with E-state index in [-0.39, 0.29) is 0 Å². The van der Waals surface area contributed by atoms with Crippen LogP contribution in [-0.4, -0.2) is 15.5 Å². The lowest BCUT2D eigenvalue weighted by Gasteiger charge is -2.08. The summed E-state index contributed by atoms with van der Waals surface area (Å²) in [6.45, 7) is 4.15. The maximum Gasteiger partial charge on any atom is 0.435 e. The van der Waals surface area contributed by atoms with Crippen molar-refractivity contribution in [2.24, 2.45) is 7.05 Å². The Bertz CT molecular complexity index is 647. The lowest BCUT2D eigenvalue weighted by molar-refractivity contribution is -0.141. The maximum absolute atomic E-state index is 12.8. The number of halogens is 3. The van der Waals surface area contributed by atoms with Gasteiger partial charge in [0.25, 0.3) is 0 Å². The van der Waals surface area contributed by atoms with E-state index in [0.29, 0.717) is 5.69 Å². The highest BCUT2D eigenvalue weighted by Crippen LogP contribution is 2.33. The molecule has 0 aliphatic rings. The van der Waals surface area contributed by atoms with E-state index in [9.17, 15) is 13.2 Å². The molecule has 0 amide bonds. The van der Waals surface area contributed by atoms with E-state index in [1.807, 2.05) is 25.1 Å². The number of unbranched alkanes of at least 4 members (excludes halogenated alkanes) is 1. The van der Waals surface area contributed by atoms with Gasteiger partial charge in [-0.1, -0.05) is 25.5 Å². The van der Waals surface area contributed by atoms with Gasteiger partial charge >= 0.3 is 6.18 Å². The molecule has 1 aromatic heterocycles. The highest BCUT2D eigenvalue weighted by molar-refractivity contribution is 7.99. The van der Waals surface area contributed by atoms with Crippen LogP contribution in [0.25, 0.3) is 11.3 Å². The van der Waals surface area contributed by atoms with Crippen molar-refractivity contribution in [1.29, 1.82) is 0 Å². The fourth-order valence-electron chi connectivity index (χ4n) is 2.12. The minimum Gasteiger partial charge on any atom is -0.267 e. The summed E-state index contributed by atoms with van der Waals surface area (Å²) in [4.78, 5) is 1.11. The molecule has 0 bridgehead atoms. The Kier molecular flexibility index (Phi) is 5.21. The fraction of sp³-hybridized carbons (Fsp3) is 0.438. The molecule has 0 spiro atoms. The first-order valence-corrected chi connectivity index (χ1v) is 8.16. The van der Waals surface area contributed by atoms with Crippen LogP contribution in [0, 0.1) is 6.92 Å². The zero-order chi connectivity index (χ0) is 16.3. The molecule has 0 saturated carbocycles. The average Bonchev–Trinajstić information content (AvgIpc) is 2.83. The monoisotopic (exact) mass is 328 g/mol. The first kappa shape index (κ1) is 16.9. The first-order valence-electron chi connectivity index (χ1n) is 7.18. The minimum atomic E-state index is -4.42. The van der Waals surface area contributed by atoms with E-state index < -0.39 is 11.9 Å². The van der Waals surface area contributed by atoms with Gasteiger partial charge in [-0.05, 0) is 36.8 Å². The van der Waals surface area contributed by atoms with Gasteiger partial charge in [-0.25, -0.2) is 0 Å². The predicted molar refractivity (Wildman–Crippen MR) is 84.0 cm³/mol. The van der Waals surface area contributed by atoms with Gasteiger partial charge in [0.05, 0.1) is 5.69 Å². The van der Waals surface area contributed by atoms with E-state index in [1.165, 1.54) is 11.7 Å². The second-order valence-corrected chi connectivity index (χ2v) is 6.36. The summed E-state index contributed by atoms with van der Waals surface area (Å²) in [5.74, 6) is 1.01. The Morgan fingerprint density at radius 1 is 1.23 bits per heavy atom. The molecule has 22 heavy (non-hydrogen) atoms. The summed E-state index contributed by atoms with van der Waals surface area (Å²) in [6.07, 6.45) is -2.17. The van der Waals surface area contributed by atoms with Gasteiger partial charge in [-0.15, -0.1) is 11.8 Å². The number of aryl methyl sites for hydroxylation is 2. The highest BCUT2D eigenvalue weighted by atomic mass is 32.2. The zero-order valence-electron chi connectivity index (χ0n) is 12.9. The van der Waals surface area contributed by atoms with Crippen LogP contribution in [0.3, 0.4) is 0 Å². The third kappa shape index (κ3) is 3.85. The number of thioether (sulfide) groups is 1. The van der Waals surface area contributed by atoms with Crippen LogP contribution in [0.15, 0.2) is 29.2 Å². The first-order chi connectivity index (χ1) is 10.3. The van der Waals surface area contributed by atoms with Crippen molar-refractivity contribution in [1.82, 2.24) is 9.78 Å². The maximum atomic E-state index is 12.8. The highest BCUT2D eigenvalue weighted by Gasteiger charge is 2.34. The average molecular weight is 328 g/mol. The SMILES string of the molecule is CCCCSc1cc(-c2cc(C(F)(F)F)nn2C)ccc1C. The normalized spacial score (nSPS) is 11.9. The van der Waals surface area contributed by atoms with Crippen LogP contribution in [0.5, 0.6) is 0 Å². The van der Waals surface area contributed by atoms with E-state index in [1.54, 1.807) is 11.8 Å². The van der Waals surface area contributed by atoms with Crippen LogP contribution >= 0.6 is 11.8 Å². The Balaban J connectivity index is 2.33. The molecule has 2 aromatic rings. The molecular weight excluding hydrogens is 309 g/mol. The summed E-state index contributed by atoms with van der Waals surface area (Å²) < 4.78 is 39.6. The minimum absolute atomic E-state index is 0.477. The van der Waals surface area contributed by atoms with Crippen molar-refractivity contribution in [2.75, 3.05) is 5.75 Å². The molecule has 0 fully saturated rings. The van der Waals surface area contributed by atoms with Crippen LogP contribution in [-0.2, 0) is 13.2 Å². The largest absolute Gasteiger partial charge is 0.435 e. The zero-order valence-corrected chi connectivity index (χ0v) is 13.7. The third-order valence-electron chi connectivity index (χ3n) is 3.41. The predicted octanol–water partition coefficient (Wildman–Crippen LogP) is 5.31. The number of hydrogen-bond acceptors (Lipinski definition) is 2. The Morgan fingerprint density at radius 3 is 2.55 bits per heavy atom. The number of hydrogen-bond donors (Lipinski definition) is 0. The van der Waals surface area contributed by atoms with Crippen molar-refractivity contribution < 1.29 is 13.2 Å². The molecule has 0 N–H and O–H groups in total. The number of benzene rings is 1. The molecule has 0 aliphatic carbocycles. The molecular formula is C16H19F3N2S. The number of alkyl halides is 3. The molecule has 0 unspecified atom stereocenters. The second-order valence-electron chi connectivity index (χ2n) is 5.22. The van der Waals surface area contributed by atoms with Gasteiger partial charge in [0.15, 0.2) is 5.69 Å². The summed E-state index contributed by atoms with van der Waals surface area (Å²) in [5.41, 5.74) is 1.52. The van der Waals surface area contributed by atoms with Crippen molar-refractivity contribution in [3.05, 3.63) is 35.5 Å². The van der Waals surface area contributed by atoms with Gasteiger partial charge in [0.1, 0.15) is 0 Å². The van der Waals surface area contributed by atoms with Gasteiger partial charge in [0, 0.05) is 17.5 Å². The molecule has 0 saturated heterocycles. The quantitative estimate of drug-likeness (QED) is 0.547. The molecule has 1 aromatic carbocycles. The number of nitrogens with zero attached hydrogens (tertiary/aromatic N) is 2. The van der Waals surface area contributed by atoms with Gasteiger partial charge in [-0.3, -0.25) is 4.68 Å². The lowest BCUT2D eigenvalue weighted by atomic mass is 10.1. The van der Waals surface area contributed by atoms with Crippen LogP contribution in [0.4, 0.5) is 13.2 Å². The summed E-state index contributed by atoms with van der Waals surface area (Å²) in [5, 5.41) is 3.57. The van der Waals surface area contributed by atoms with Crippen molar-refractivity contribution in [3.63, 3.8) is 0 Å². The Labute approximate surface area is 132 Å². The summed E-state index contributed by atoms with van der Waals surface area (Å²) in [6, 6.07) is 6.85. The van der Waals surface area contributed by atoms with E-state index in [2.05, 4.69) is 12.0 Å². The van der Waals surface area contributed by atoms with Crippen molar-refractivity contribution >= 4 is 11.8 Å². The summed E-state index contributed by atoms with van der Waals surface area (Å²) >= 11 is 1.75. The third-order valence-corrected chi connectivity index (χ3v) is 4.65. The fourth-order valence-corrected chi connectivity index (χ4v) is 3.28. The molecule has 0 aliphatic heterocycles. The molecule has 1 heterocycles. The number of aromatic nitrogens is 2. The Hall–Kier alpha value is -1.43. The molecule has 0 atom stereocenters. The molecule has 0 radical (unpaired) electrons. The topological polar surface area (TPSA) is 17.8 Å². The molecule has 6 heteroatoms. The summed E-state index contributed by atoms with van der Waals surface area (Å²) in [7, 11) is 1.54. The lowest BCUT2D eigenvalue weighted by Crippen LogP contribution is -2.06. The molecule has 120 valence electrons. The standard InChI is InChI=1S/C16H19F3N2S/c1-4-5-8-22-14-9-12(7-6-11(14)2)13-10-15(16(17,18)19)20-21(13)3/h6-7,9-10H,4-5,8H2,1-3H3. The molecule has 2 nitrogen and oxygen atoms in total. The number of rotatable bonds is 5.